The molecule has 0 fully saturated rings. The number of amides is 1. The second-order valence-electron chi connectivity index (χ2n) is 5.17. The van der Waals surface area contributed by atoms with E-state index in [1.807, 2.05) is 6.92 Å². The van der Waals surface area contributed by atoms with Gasteiger partial charge in [-0.15, -0.1) is 10.2 Å². The minimum atomic E-state index is -0.281. The Balaban J connectivity index is 1.75. The van der Waals surface area contributed by atoms with Gasteiger partial charge < -0.3 is 5.32 Å². The van der Waals surface area contributed by atoms with Crippen LogP contribution < -0.4 is 5.32 Å². The SMILES string of the molecule is CCCCSc1nnc(SCC(=O)NC(C)c2ccc(F)cc2)s1. The Bertz CT molecular complexity index is 648. The molecule has 4 nitrogen and oxygen atoms in total. The van der Waals surface area contributed by atoms with Crippen molar-refractivity contribution >= 4 is 40.8 Å². The molecule has 0 spiro atoms. The van der Waals surface area contributed by atoms with Gasteiger partial charge in [0.05, 0.1) is 11.8 Å². The number of carbonyl (C=O) groups is 1. The van der Waals surface area contributed by atoms with Crippen LogP contribution in [0.4, 0.5) is 4.39 Å². The van der Waals surface area contributed by atoms with E-state index in [1.165, 1.54) is 41.7 Å². The summed E-state index contributed by atoms with van der Waals surface area (Å²) in [7, 11) is 0. The fraction of sp³-hybridized carbons (Fsp3) is 0.438. The molecule has 2 rings (SSSR count). The van der Waals surface area contributed by atoms with Gasteiger partial charge in [-0.1, -0.05) is 60.3 Å². The largest absolute Gasteiger partial charge is 0.349 e. The first-order chi connectivity index (χ1) is 11.6. The summed E-state index contributed by atoms with van der Waals surface area (Å²) in [5, 5.41) is 11.1. The van der Waals surface area contributed by atoms with Crippen molar-refractivity contribution < 1.29 is 9.18 Å². The molecule has 1 N–H and O–H groups in total. The van der Waals surface area contributed by atoms with Gasteiger partial charge in [0.25, 0.3) is 0 Å². The number of nitrogens with one attached hydrogen (secondary N) is 1. The van der Waals surface area contributed by atoms with Crippen LogP contribution in [-0.4, -0.2) is 27.6 Å². The third-order valence-electron chi connectivity index (χ3n) is 3.19. The normalized spacial score (nSPS) is 12.1. The van der Waals surface area contributed by atoms with Crippen molar-refractivity contribution in [2.45, 2.75) is 41.4 Å². The van der Waals surface area contributed by atoms with Crippen molar-refractivity contribution in [3.05, 3.63) is 35.6 Å². The average molecular weight is 386 g/mol. The lowest BCUT2D eigenvalue weighted by atomic mass is 10.1. The van der Waals surface area contributed by atoms with Gasteiger partial charge in [0.2, 0.25) is 5.91 Å². The maximum atomic E-state index is 12.9. The van der Waals surface area contributed by atoms with Gasteiger partial charge in [-0.05, 0) is 31.0 Å². The maximum absolute atomic E-state index is 12.9. The topological polar surface area (TPSA) is 54.9 Å². The zero-order valence-electron chi connectivity index (χ0n) is 13.6. The highest BCUT2D eigenvalue weighted by Gasteiger charge is 2.12. The molecular formula is C16H20FN3OS3. The minimum Gasteiger partial charge on any atom is -0.349 e. The van der Waals surface area contributed by atoms with E-state index in [2.05, 4.69) is 22.4 Å². The molecule has 130 valence electrons. The van der Waals surface area contributed by atoms with E-state index in [4.69, 9.17) is 0 Å². The first-order valence-electron chi connectivity index (χ1n) is 7.72. The molecule has 1 heterocycles. The van der Waals surface area contributed by atoms with Crippen LogP contribution in [0.5, 0.6) is 0 Å². The monoisotopic (exact) mass is 385 g/mol. The summed E-state index contributed by atoms with van der Waals surface area (Å²) >= 11 is 4.62. The van der Waals surface area contributed by atoms with E-state index in [0.717, 1.165) is 26.4 Å². The lowest BCUT2D eigenvalue weighted by molar-refractivity contribution is -0.119. The predicted octanol–water partition coefficient (Wildman–Crippen LogP) is 4.54. The second kappa shape index (κ2) is 10.0. The quantitative estimate of drug-likeness (QED) is 0.507. The van der Waals surface area contributed by atoms with Crippen LogP contribution in [0, 0.1) is 5.82 Å². The van der Waals surface area contributed by atoms with Crippen LogP contribution in [0.3, 0.4) is 0 Å². The van der Waals surface area contributed by atoms with E-state index in [0.29, 0.717) is 5.75 Å². The molecule has 0 radical (unpaired) electrons. The second-order valence-corrected chi connectivity index (χ2v) is 8.71. The first-order valence-corrected chi connectivity index (χ1v) is 10.5. The van der Waals surface area contributed by atoms with E-state index < -0.39 is 0 Å². The highest BCUT2D eigenvalue weighted by atomic mass is 32.2. The Morgan fingerprint density at radius 3 is 2.58 bits per heavy atom. The summed E-state index contributed by atoms with van der Waals surface area (Å²) in [4.78, 5) is 12.0. The number of unbranched alkanes of at least 4 members (excludes halogenated alkanes) is 1. The zero-order valence-corrected chi connectivity index (χ0v) is 16.1. The number of hydrogen-bond acceptors (Lipinski definition) is 6. The maximum Gasteiger partial charge on any atom is 0.230 e. The van der Waals surface area contributed by atoms with Gasteiger partial charge in [-0.3, -0.25) is 4.79 Å². The standard InChI is InChI=1S/C16H20FN3OS3/c1-3-4-9-22-15-19-20-16(24-15)23-10-14(21)18-11(2)12-5-7-13(17)8-6-12/h5-8,11H,3-4,9-10H2,1-2H3,(H,18,21). The molecule has 0 bridgehead atoms. The van der Waals surface area contributed by atoms with Gasteiger partial charge in [-0.2, -0.15) is 0 Å². The predicted molar refractivity (Wildman–Crippen MR) is 99.2 cm³/mol. The summed E-state index contributed by atoms with van der Waals surface area (Å²) < 4.78 is 14.7. The molecule has 1 amide bonds. The first kappa shape index (κ1) is 19.2. The Morgan fingerprint density at radius 2 is 1.92 bits per heavy atom. The van der Waals surface area contributed by atoms with Crippen LogP contribution in [0.2, 0.25) is 0 Å². The number of aromatic nitrogens is 2. The van der Waals surface area contributed by atoms with Gasteiger partial charge in [0.1, 0.15) is 5.82 Å². The molecule has 0 saturated heterocycles. The molecule has 0 aliphatic carbocycles. The third-order valence-corrected chi connectivity index (χ3v) is 6.46. The number of halogens is 1. The van der Waals surface area contributed by atoms with Crippen LogP contribution >= 0.6 is 34.9 Å². The fourth-order valence-corrected chi connectivity index (χ4v) is 4.85. The zero-order chi connectivity index (χ0) is 17.4. The highest BCUT2D eigenvalue weighted by molar-refractivity contribution is 8.03. The van der Waals surface area contributed by atoms with Crippen LogP contribution in [0.15, 0.2) is 32.9 Å². The number of thioether (sulfide) groups is 2. The van der Waals surface area contributed by atoms with Gasteiger partial charge in [0.15, 0.2) is 8.68 Å². The minimum absolute atomic E-state index is 0.0767. The van der Waals surface area contributed by atoms with Crippen LogP contribution in [0.25, 0.3) is 0 Å². The van der Waals surface area contributed by atoms with Crippen LogP contribution in [-0.2, 0) is 4.79 Å². The summed E-state index contributed by atoms with van der Waals surface area (Å²) in [5.41, 5.74) is 0.875. The van der Waals surface area contributed by atoms with Gasteiger partial charge >= 0.3 is 0 Å². The van der Waals surface area contributed by atoms with Crippen molar-refractivity contribution in [1.82, 2.24) is 15.5 Å². The molecule has 0 saturated carbocycles. The summed E-state index contributed by atoms with van der Waals surface area (Å²) in [6, 6.07) is 5.99. The molecule has 1 atom stereocenters. The Kier molecular flexibility index (Phi) is 8.01. The Hall–Kier alpha value is -1.12. The number of nitrogens with zero attached hydrogens (tertiary/aromatic N) is 2. The van der Waals surface area contributed by atoms with E-state index in [9.17, 15) is 9.18 Å². The van der Waals surface area contributed by atoms with Crippen LogP contribution in [0.1, 0.15) is 38.3 Å². The van der Waals surface area contributed by atoms with Crippen molar-refractivity contribution in [2.24, 2.45) is 0 Å². The number of hydrogen-bond donors (Lipinski definition) is 1. The van der Waals surface area contributed by atoms with E-state index >= 15 is 0 Å². The van der Waals surface area contributed by atoms with Crippen molar-refractivity contribution in [1.29, 1.82) is 0 Å². The molecule has 1 aromatic heterocycles. The summed E-state index contributed by atoms with van der Waals surface area (Å²) in [5.74, 6) is 0.981. The average Bonchev–Trinajstić information content (AvgIpc) is 3.02. The molecule has 8 heteroatoms. The molecule has 24 heavy (non-hydrogen) atoms. The van der Waals surface area contributed by atoms with Crippen molar-refractivity contribution in [3.8, 4) is 0 Å². The van der Waals surface area contributed by atoms with Gasteiger partial charge in [-0.25, -0.2) is 4.39 Å². The van der Waals surface area contributed by atoms with Crippen molar-refractivity contribution in [3.63, 3.8) is 0 Å². The highest BCUT2D eigenvalue weighted by Crippen LogP contribution is 2.29. The Morgan fingerprint density at radius 1 is 1.25 bits per heavy atom. The number of carbonyl (C=O) groups excluding carboxylic acids is 1. The lowest BCUT2D eigenvalue weighted by Gasteiger charge is -2.13. The summed E-state index contributed by atoms with van der Waals surface area (Å²) in [6.45, 7) is 4.04. The lowest BCUT2D eigenvalue weighted by Crippen LogP contribution is -2.28. The van der Waals surface area contributed by atoms with E-state index in [-0.39, 0.29) is 17.8 Å². The summed E-state index contributed by atoms with van der Waals surface area (Å²) in [6.07, 6.45) is 2.33. The van der Waals surface area contributed by atoms with E-state index in [1.54, 1.807) is 23.9 Å². The molecule has 1 aromatic carbocycles. The molecule has 2 aromatic rings. The molecule has 0 aliphatic heterocycles. The number of rotatable bonds is 9. The number of benzene rings is 1. The van der Waals surface area contributed by atoms with Gasteiger partial charge in [0, 0.05) is 5.75 Å². The molecule has 0 aliphatic rings. The molecule has 1 unspecified atom stereocenters. The fourth-order valence-electron chi connectivity index (χ4n) is 1.86. The molecular weight excluding hydrogens is 365 g/mol. The van der Waals surface area contributed by atoms with Crippen molar-refractivity contribution in [2.75, 3.05) is 11.5 Å². The Labute approximate surface area is 154 Å². The smallest absolute Gasteiger partial charge is 0.230 e. The third kappa shape index (κ3) is 6.41.